The molecule has 0 heterocycles. The minimum absolute atomic E-state index is 0.230. The van der Waals surface area contributed by atoms with Crippen LogP contribution < -0.4 is 9.59 Å². The zero-order valence-electron chi connectivity index (χ0n) is 14.8. The number of rotatable bonds is 9. The number of carboxylic acid groups (broad SMARTS) is 1. The van der Waals surface area contributed by atoms with Gasteiger partial charge in [0.1, 0.15) is 5.69 Å². The van der Waals surface area contributed by atoms with Crippen LogP contribution in [-0.4, -0.2) is 27.1 Å². The molecule has 0 atom stereocenters. The maximum absolute atomic E-state index is 10.0. The van der Waals surface area contributed by atoms with Crippen molar-refractivity contribution in [2.75, 3.05) is 21.1 Å². The van der Waals surface area contributed by atoms with Gasteiger partial charge in [-0.15, -0.1) is 0 Å². The molecule has 0 amide bonds. The van der Waals surface area contributed by atoms with Crippen molar-refractivity contribution in [1.29, 1.82) is 0 Å². The van der Waals surface area contributed by atoms with E-state index in [2.05, 4.69) is 52.3 Å². The molecule has 3 heteroatoms. The summed E-state index contributed by atoms with van der Waals surface area (Å²) in [6.45, 7) is 2.19. The highest BCUT2D eigenvalue weighted by atomic mass is 16.4. The highest BCUT2D eigenvalue weighted by molar-refractivity contribution is 5.64. The lowest BCUT2D eigenvalue weighted by atomic mass is 10.1. The Kier molecular flexibility index (Phi) is 11.5. The monoisotopic (exact) mass is 307 g/mol. The highest BCUT2D eigenvalue weighted by Crippen LogP contribution is 2.14. The van der Waals surface area contributed by atoms with Gasteiger partial charge in [0, 0.05) is 5.97 Å². The Morgan fingerprint density at radius 2 is 1.41 bits per heavy atom. The summed E-state index contributed by atoms with van der Waals surface area (Å²) in [5.41, 5.74) is 1.34. The third-order valence-electron chi connectivity index (χ3n) is 3.52. The quantitative estimate of drug-likeness (QED) is 0.515. The maximum atomic E-state index is 10.0. The first-order chi connectivity index (χ1) is 10.4. The van der Waals surface area contributed by atoms with Gasteiger partial charge in [0.2, 0.25) is 0 Å². The van der Waals surface area contributed by atoms with Crippen molar-refractivity contribution >= 4 is 11.7 Å². The second-order valence-electron chi connectivity index (χ2n) is 6.59. The van der Waals surface area contributed by atoms with Crippen LogP contribution in [0.2, 0.25) is 0 Å². The number of carboxylic acids is 1. The molecule has 0 fully saturated rings. The third kappa shape index (κ3) is 12.4. The molecule has 3 nitrogen and oxygen atoms in total. The molecule has 0 aliphatic heterocycles. The van der Waals surface area contributed by atoms with Gasteiger partial charge in [0.25, 0.3) is 0 Å². The molecule has 1 rings (SSSR count). The van der Waals surface area contributed by atoms with Crippen LogP contribution in [-0.2, 0) is 4.79 Å². The van der Waals surface area contributed by atoms with Crippen LogP contribution in [0.4, 0.5) is 5.69 Å². The average molecular weight is 307 g/mol. The Morgan fingerprint density at radius 1 is 0.909 bits per heavy atom. The number of carbonyl (C=O) groups excluding carboxylic acids is 1. The van der Waals surface area contributed by atoms with Gasteiger partial charge in [-0.3, -0.25) is 4.48 Å². The van der Waals surface area contributed by atoms with E-state index in [1.54, 1.807) is 0 Å². The van der Waals surface area contributed by atoms with E-state index < -0.39 is 5.97 Å². The molecule has 126 valence electrons. The van der Waals surface area contributed by atoms with Crippen LogP contribution in [0, 0.1) is 0 Å². The molecule has 0 saturated heterocycles. The van der Waals surface area contributed by atoms with Crippen molar-refractivity contribution in [1.82, 2.24) is 4.48 Å². The van der Waals surface area contributed by atoms with E-state index >= 15 is 0 Å². The summed E-state index contributed by atoms with van der Waals surface area (Å²) in [6.07, 6.45) is 8.34. The summed E-state index contributed by atoms with van der Waals surface area (Å²) in [5, 5.41) is 10.0. The Balaban J connectivity index is 0.000000406. The lowest BCUT2D eigenvalue weighted by Gasteiger charge is -2.22. The Labute approximate surface area is 136 Å². The molecule has 0 bridgehead atoms. The van der Waals surface area contributed by atoms with Gasteiger partial charge in [-0.1, -0.05) is 63.6 Å². The fraction of sp³-hybridized carbons (Fsp3) is 0.632. The first-order valence-electron chi connectivity index (χ1n) is 8.44. The molecule has 0 radical (unpaired) electrons. The Bertz CT molecular complexity index is 382. The van der Waals surface area contributed by atoms with Crippen molar-refractivity contribution in [3.8, 4) is 0 Å². The Hall–Kier alpha value is -1.35. The molecule has 1 aromatic rings. The summed E-state index contributed by atoms with van der Waals surface area (Å²) < 4.78 is 0.890. The number of quaternary nitrogens is 1. The van der Waals surface area contributed by atoms with Gasteiger partial charge in [-0.05, 0) is 25.0 Å². The minimum atomic E-state index is -0.913. The van der Waals surface area contributed by atoms with E-state index in [1.165, 1.54) is 37.8 Å². The molecule has 0 spiro atoms. The lowest BCUT2D eigenvalue weighted by Crippen LogP contribution is -2.34. The zero-order valence-corrected chi connectivity index (χ0v) is 14.8. The second kappa shape index (κ2) is 12.2. The van der Waals surface area contributed by atoms with Crippen LogP contribution in [0.3, 0.4) is 0 Å². The fourth-order valence-electron chi connectivity index (χ4n) is 2.10. The van der Waals surface area contributed by atoms with Crippen molar-refractivity contribution in [3.05, 3.63) is 30.3 Å². The van der Waals surface area contributed by atoms with Crippen molar-refractivity contribution in [2.24, 2.45) is 0 Å². The third-order valence-corrected chi connectivity index (χ3v) is 3.52. The number of nitrogens with zero attached hydrogens (tertiary/aromatic N) is 1. The maximum Gasteiger partial charge on any atom is 0.132 e. The fourth-order valence-corrected chi connectivity index (χ4v) is 2.10. The number of para-hydroxylation sites is 1. The van der Waals surface area contributed by atoms with Crippen LogP contribution >= 0.6 is 0 Å². The van der Waals surface area contributed by atoms with E-state index in [-0.39, 0.29) is 6.42 Å². The number of hydrogen-bond donors (Lipinski definition) is 0. The molecule has 1 aromatic carbocycles. The van der Waals surface area contributed by atoms with Crippen LogP contribution in [0.5, 0.6) is 0 Å². The van der Waals surface area contributed by atoms with Gasteiger partial charge in [0.15, 0.2) is 0 Å². The standard InChI is InChI=1S/C10H20O2.C9H14N/c1-2-3-4-5-6-7-8-9-10(11)12;1-10(2,3)9-7-5-4-6-8-9/h2-9H2,1H3,(H,11,12);4-8H,1-3H3/q;+1/p-1. The molecule has 0 aliphatic carbocycles. The van der Waals surface area contributed by atoms with Crippen molar-refractivity contribution in [3.63, 3.8) is 0 Å². The summed E-state index contributed by atoms with van der Waals surface area (Å²) >= 11 is 0. The largest absolute Gasteiger partial charge is 0.550 e. The van der Waals surface area contributed by atoms with Gasteiger partial charge >= 0.3 is 0 Å². The predicted octanol–water partition coefficient (Wildman–Crippen LogP) is 3.76. The molecule has 0 unspecified atom stereocenters. The summed E-state index contributed by atoms with van der Waals surface area (Å²) in [5.74, 6) is -0.913. The second-order valence-corrected chi connectivity index (χ2v) is 6.59. The zero-order chi connectivity index (χ0) is 16.8. The first kappa shape index (κ1) is 20.6. The van der Waals surface area contributed by atoms with Crippen molar-refractivity contribution in [2.45, 2.75) is 58.3 Å². The molecule has 0 aliphatic rings. The number of benzene rings is 1. The van der Waals surface area contributed by atoms with Gasteiger partial charge in [0.05, 0.1) is 21.1 Å². The normalized spacial score (nSPS) is 10.7. The summed E-state index contributed by atoms with van der Waals surface area (Å²) in [7, 11) is 6.49. The first-order valence-corrected chi connectivity index (χ1v) is 8.44. The summed E-state index contributed by atoms with van der Waals surface area (Å²) in [6, 6.07) is 10.5. The molecular weight excluding hydrogens is 274 g/mol. The van der Waals surface area contributed by atoms with Crippen LogP contribution in [0.1, 0.15) is 58.3 Å². The molecular formula is C19H33NO2. The number of unbranched alkanes of at least 4 members (excludes halogenated alkanes) is 6. The van der Waals surface area contributed by atoms with Crippen LogP contribution in [0.25, 0.3) is 0 Å². The summed E-state index contributed by atoms with van der Waals surface area (Å²) in [4.78, 5) is 10.0. The predicted molar refractivity (Wildman–Crippen MR) is 93.6 cm³/mol. The SMILES string of the molecule is CCCCCCCCCC(=O)[O-].C[N+](C)(C)c1ccccc1. The van der Waals surface area contributed by atoms with Gasteiger partial charge in [-0.2, -0.15) is 0 Å². The topological polar surface area (TPSA) is 40.1 Å². The minimum Gasteiger partial charge on any atom is -0.550 e. The van der Waals surface area contributed by atoms with E-state index in [1.807, 2.05) is 6.07 Å². The van der Waals surface area contributed by atoms with Gasteiger partial charge in [-0.25, -0.2) is 0 Å². The smallest absolute Gasteiger partial charge is 0.132 e. The van der Waals surface area contributed by atoms with E-state index in [0.29, 0.717) is 0 Å². The molecule has 0 N–H and O–H groups in total. The highest BCUT2D eigenvalue weighted by Gasteiger charge is 2.08. The lowest BCUT2D eigenvalue weighted by molar-refractivity contribution is -0.305. The van der Waals surface area contributed by atoms with Gasteiger partial charge < -0.3 is 9.90 Å². The number of hydrogen-bond acceptors (Lipinski definition) is 2. The Morgan fingerprint density at radius 3 is 1.82 bits per heavy atom. The molecule has 22 heavy (non-hydrogen) atoms. The molecule has 0 aromatic heterocycles. The number of carbonyl (C=O) groups is 1. The average Bonchev–Trinajstić information content (AvgIpc) is 2.47. The van der Waals surface area contributed by atoms with Crippen LogP contribution in [0.15, 0.2) is 30.3 Å². The van der Waals surface area contributed by atoms with Crippen molar-refractivity contribution < 1.29 is 9.90 Å². The van der Waals surface area contributed by atoms with E-state index in [4.69, 9.17) is 0 Å². The number of aliphatic carboxylic acids is 1. The van der Waals surface area contributed by atoms with E-state index in [0.717, 1.165) is 17.3 Å². The molecule has 0 saturated carbocycles. The van der Waals surface area contributed by atoms with E-state index in [9.17, 15) is 9.90 Å².